The number of nitro benzene ring substituents is 1. The van der Waals surface area contributed by atoms with Crippen molar-refractivity contribution in [1.29, 1.82) is 0 Å². The second kappa shape index (κ2) is 6.67. The van der Waals surface area contributed by atoms with E-state index in [0.717, 1.165) is 5.56 Å². The molecule has 0 atom stereocenters. The lowest BCUT2D eigenvalue weighted by Crippen LogP contribution is -2.43. The summed E-state index contributed by atoms with van der Waals surface area (Å²) in [5, 5.41) is 23.4. The first kappa shape index (κ1) is 16.4. The normalized spacial score (nSPS) is 11.7. The minimum Gasteiger partial charge on any atom is -0.394 e. The van der Waals surface area contributed by atoms with E-state index < -0.39 is 0 Å². The van der Waals surface area contributed by atoms with Crippen LogP contribution in [-0.2, 0) is 6.54 Å². The Hall–Kier alpha value is -1.66. The van der Waals surface area contributed by atoms with E-state index in [2.05, 4.69) is 5.32 Å². The minimum atomic E-state index is -0.376. The minimum absolute atomic E-state index is 0.0288. The number of nitrogens with one attached hydrogen (secondary N) is 1. The van der Waals surface area contributed by atoms with E-state index in [0.29, 0.717) is 18.8 Å². The van der Waals surface area contributed by atoms with Gasteiger partial charge in [0.2, 0.25) is 0 Å². The maximum atomic E-state index is 11.1. The van der Waals surface area contributed by atoms with Crippen molar-refractivity contribution in [3.63, 3.8) is 0 Å². The van der Waals surface area contributed by atoms with Gasteiger partial charge in [0.1, 0.15) is 5.69 Å². The van der Waals surface area contributed by atoms with Crippen LogP contribution in [0.2, 0.25) is 0 Å². The first-order valence-corrected chi connectivity index (χ1v) is 6.65. The van der Waals surface area contributed by atoms with E-state index in [4.69, 9.17) is 0 Å². The highest BCUT2D eigenvalue weighted by Gasteiger charge is 2.23. The van der Waals surface area contributed by atoms with Crippen molar-refractivity contribution in [3.8, 4) is 0 Å². The Labute approximate surface area is 119 Å². The number of likely N-dealkylation sites (N-methyl/N-ethyl adjacent to an activating group) is 1. The molecule has 0 bridgehead atoms. The fraction of sp³-hybridized carbons (Fsp3) is 0.571. The Morgan fingerprint density at radius 1 is 1.45 bits per heavy atom. The topological polar surface area (TPSA) is 78.6 Å². The molecule has 0 amide bonds. The number of nitrogens with zero attached hydrogens (tertiary/aromatic N) is 2. The smallest absolute Gasteiger partial charge is 0.292 e. The standard InChI is InChI=1S/C14H23N3O3/c1-5-15-12-7-6-11(8-13(12)17(19)20)9-16(4)14(2,3)10-18/h6-8,15,18H,5,9-10H2,1-4H3. The largest absolute Gasteiger partial charge is 0.394 e. The average Bonchev–Trinajstić information content (AvgIpc) is 2.40. The maximum absolute atomic E-state index is 11.1. The van der Waals surface area contributed by atoms with Crippen LogP contribution in [0.3, 0.4) is 0 Å². The molecular weight excluding hydrogens is 258 g/mol. The van der Waals surface area contributed by atoms with E-state index >= 15 is 0 Å². The number of aliphatic hydroxyl groups excluding tert-OH is 1. The summed E-state index contributed by atoms with van der Waals surface area (Å²) in [7, 11) is 1.89. The molecule has 0 spiro atoms. The van der Waals surface area contributed by atoms with Crippen LogP contribution in [0.4, 0.5) is 11.4 Å². The summed E-state index contributed by atoms with van der Waals surface area (Å²) in [5.74, 6) is 0. The van der Waals surface area contributed by atoms with Gasteiger partial charge in [-0.25, -0.2) is 0 Å². The summed E-state index contributed by atoms with van der Waals surface area (Å²) in [6, 6.07) is 5.19. The molecule has 0 unspecified atom stereocenters. The third kappa shape index (κ3) is 3.91. The highest BCUT2D eigenvalue weighted by molar-refractivity contribution is 5.62. The van der Waals surface area contributed by atoms with Crippen molar-refractivity contribution >= 4 is 11.4 Å². The number of benzene rings is 1. The fourth-order valence-electron chi connectivity index (χ4n) is 1.78. The average molecular weight is 281 g/mol. The van der Waals surface area contributed by atoms with Crippen molar-refractivity contribution in [2.45, 2.75) is 32.9 Å². The van der Waals surface area contributed by atoms with Gasteiger partial charge in [0, 0.05) is 24.7 Å². The summed E-state index contributed by atoms with van der Waals surface area (Å²) >= 11 is 0. The van der Waals surface area contributed by atoms with Crippen LogP contribution in [0.15, 0.2) is 18.2 Å². The molecule has 6 heteroatoms. The summed E-state index contributed by atoms with van der Waals surface area (Å²) < 4.78 is 0. The van der Waals surface area contributed by atoms with Gasteiger partial charge in [-0.2, -0.15) is 0 Å². The summed E-state index contributed by atoms with van der Waals surface area (Å²) in [6.07, 6.45) is 0. The molecule has 0 heterocycles. The third-order valence-electron chi connectivity index (χ3n) is 3.47. The number of hydrogen-bond acceptors (Lipinski definition) is 5. The summed E-state index contributed by atoms with van der Waals surface area (Å²) in [4.78, 5) is 12.7. The van der Waals surface area contributed by atoms with Crippen molar-refractivity contribution in [1.82, 2.24) is 4.90 Å². The predicted molar refractivity (Wildman–Crippen MR) is 79.9 cm³/mol. The molecule has 1 rings (SSSR count). The van der Waals surface area contributed by atoms with Crippen molar-refractivity contribution in [2.24, 2.45) is 0 Å². The molecule has 112 valence electrons. The Kier molecular flexibility index (Phi) is 5.47. The summed E-state index contributed by atoms with van der Waals surface area (Å²) in [5.41, 5.74) is 1.10. The highest BCUT2D eigenvalue weighted by Crippen LogP contribution is 2.26. The SMILES string of the molecule is CCNc1ccc(CN(C)C(C)(C)CO)cc1[N+](=O)[O-]. The first-order chi connectivity index (χ1) is 9.31. The fourth-order valence-corrected chi connectivity index (χ4v) is 1.78. The van der Waals surface area contributed by atoms with E-state index in [1.165, 1.54) is 0 Å². The van der Waals surface area contributed by atoms with Crippen LogP contribution in [0, 0.1) is 10.1 Å². The quantitative estimate of drug-likeness (QED) is 0.592. The van der Waals surface area contributed by atoms with Crippen LogP contribution in [0.25, 0.3) is 0 Å². The molecule has 6 nitrogen and oxygen atoms in total. The molecule has 0 radical (unpaired) electrons. The second-order valence-electron chi connectivity index (χ2n) is 5.47. The Bertz CT molecular complexity index is 475. The van der Waals surface area contributed by atoms with Crippen LogP contribution >= 0.6 is 0 Å². The molecule has 0 aliphatic heterocycles. The van der Waals surface area contributed by atoms with Crippen molar-refractivity contribution in [3.05, 3.63) is 33.9 Å². The first-order valence-electron chi connectivity index (χ1n) is 6.65. The molecule has 0 aromatic heterocycles. The molecule has 2 N–H and O–H groups in total. The lowest BCUT2D eigenvalue weighted by atomic mass is 10.0. The van der Waals surface area contributed by atoms with Crippen molar-refractivity contribution in [2.75, 3.05) is 25.5 Å². The molecule has 0 aliphatic carbocycles. The van der Waals surface area contributed by atoms with Gasteiger partial charge in [0.05, 0.1) is 11.5 Å². The zero-order valence-corrected chi connectivity index (χ0v) is 12.5. The van der Waals surface area contributed by atoms with Gasteiger partial charge >= 0.3 is 0 Å². The molecule has 0 fully saturated rings. The van der Waals surface area contributed by atoms with Crippen molar-refractivity contribution < 1.29 is 10.0 Å². The molecule has 0 saturated heterocycles. The third-order valence-corrected chi connectivity index (χ3v) is 3.47. The van der Waals surface area contributed by atoms with Crippen LogP contribution in [-0.4, -0.2) is 40.7 Å². The Balaban J connectivity index is 2.98. The van der Waals surface area contributed by atoms with Gasteiger partial charge in [0.15, 0.2) is 0 Å². The molecule has 1 aromatic rings. The van der Waals surface area contributed by atoms with Gasteiger partial charge in [-0.3, -0.25) is 15.0 Å². The van der Waals surface area contributed by atoms with E-state index in [1.54, 1.807) is 12.1 Å². The van der Waals surface area contributed by atoms with Gasteiger partial charge in [-0.1, -0.05) is 6.07 Å². The number of hydrogen-bond donors (Lipinski definition) is 2. The van der Waals surface area contributed by atoms with Gasteiger partial charge < -0.3 is 10.4 Å². The van der Waals surface area contributed by atoms with Crippen LogP contribution in [0.5, 0.6) is 0 Å². The lowest BCUT2D eigenvalue weighted by molar-refractivity contribution is -0.384. The zero-order chi connectivity index (χ0) is 15.3. The molecule has 0 aliphatic rings. The number of rotatable bonds is 7. The van der Waals surface area contributed by atoms with E-state index in [1.807, 2.05) is 38.8 Å². The second-order valence-corrected chi connectivity index (χ2v) is 5.47. The molecule has 20 heavy (non-hydrogen) atoms. The lowest BCUT2D eigenvalue weighted by Gasteiger charge is -2.33. The van der Waals surface area contributed by atoms with Gasteiger partial charge in [-0.05, 0) is 39.4 Å². The van der Waals surface area contributed by atoms with Gasteiger partial charge in [-0.15, -0.1) is 0 Å². The van der Waals surface area contributed by atoms with Gasteiger partial charge in [0.25, 0.3) is 5.69 Å². The molecular formula is C14H23N3O3. The Morgan fingerprint density at radius 2 is 2.10 bits per heavy atom. The monoisotopic (exact) mass is 281 g/mol. The van der Waals surface area contributed by atoms with E-state index in [-0.39, 0.29) is 22.8 Å². The maximum Gasteiger partial charge on any atom is 0.292 e. The van der Waals surface area contributed by atoms with Crippen LogP contribution in [0.1, 0.15) is 26.3 Å². The van der Waals surface area contributed by atoms with Crippen LogP contribution < -0.4 is 5.32 Å². The summed E-state index contributed by atoms with van der Waals surface area (Å²) in [6.45, 7) is 6.96. The number of aliphatic hydroxyl groups is 1. The predicted octanol–water partition coefficient (Wildman–Crippen LogP) is 2.23. The molecule has 0 saturated carbocycles. The highest BCUT2D eigenvalue weighted by atomic mass is 16.6. The molecule has 1 aromatic carbocycles. The number of anilines is 1. The Morgan fingerprint density at radius 3 is 2.60 bits per heavy atom. The number of nitro groups is 1. The zero-order valence-electron chi connectivity index (χ0n) is 12.5. The van der Waals surface area contributed by atoms with E-state index in [9.17, 15) is 15.2 Å².